The van der Waals surface area contributed by atoms with Gasteiger partial charge in [0.05, 0.1) is 22.7 Å². The van der Waals surface area contributed by atoms with Crippen molar-refractivity contribution in [3.8, 4) is 5.75 Å². The van der Waals surface area contributed by atoms with E-state index in [1.165, 1.54) is 17.0 Å². The first-order valence-electron chi connectivity index (χ1n) is 14.3. The van der Waals surface area contributed by atoms with Gasteiger partial charge in [-0.1, -0.05) is 80.3 Å². The molecule has 1 aliphatic rings. The second-order valence-electron chi connectivity index (χ2n) is 10.4. The lowest BCUT2D eigenvalue weighted by molar-refractivity contribution is -0.140. The summed E-state index contributed by atoms with van der Waals surface area (Å²) in [7, 11) is -2.62. The van der Waals surface area contributed by atoms with E-state index in [1.54, 1.807) is 61.7 Å². The molecule has 8 nitrogen and oxygen atoms in total. The number of carbonyl (C=O) groups excluding carboxylic acids is 2. The SMILES string of the molecule is CC[C@H](C(=O)NC1CCCCC1)N(Cc1cccc(OC)c1)C(=O)CN(c1ccccc1Cl)S(=O)(=O)c1ccccc1. The summed E-state index contributed by atoms with van der Waals surface area (Å²) in [6.07, 6.45) is 5.42. The molecule has 0 saturated heterocycles. The van der Waals surface area contributed by atoms with E-state index in [0.717, 1.165) is 42.0 Å². The van der Waals surface area contributed by atoms with Gasteiger partial charge in [-0.15, -0.1) is 0 Å². The van der Waals surface area contributed by atoms with Gasteiger partial charge in [-0.25, -0.2) is 8.42 Å². The molecule has 0 aromatic heterocycles. The van der Waals surface area contributed by atoms with Crippen molar-refractivity contribution < 1.29 is 22.7 Å². The Hall–Kier alpha value is -3.56. The lowest BCUT2D eigenvalue weighted by Crippen LogP contribution is -2.54. The largest absolute Gasteiger partial charge is 0.497 e. The maximum absolute atomic E-state index is 14.2. The first-order chi connectivity index (χ1) is 20.2. The summed E-state index contributed by atoms with van der Waals surface area (Å²) in [6.45, 7) is 1.40. The summed E-state index contributed by atoms with van der Waals surface area (Å²) in [4.78, 5) is 29.4. The monoisotopic (exact) mass is 611 g/mol. The van der Waals surface area contributed by atoms with Crippen LogP contribution in [0, 0.1) is 0 Å². The average molecular weight is 612 g/mol. The molecule has 42 heavy (non-hydrogen) atoms. The molecular formula is C32H38ClN3O5S. The van der Waals surface area contributed by atoms with Crippen molar-refractivity contribution >= 4 is 39.1 Å². The molecule has 1 N–H and O–H groups in total. The number of para-hydroxylation sites is 1. The van der Waals surface area contributed by atoms with Crippen molar-refractivity contribution in [3.63, 3.8) is 0 Å². The van der Waals surface area contributed by atoms with Gasteiger partial charge in [0.2, 0.25) is 11.8 Å². The lowest BCUT2D eigenvalue weighted by Gasteiger charge is -2.34. The molecule has 10 heteroatoms. The van der Waals surface area contributed by atoms with E-state index in [2.05, 4.69) is 5.32 Å². The van der Waals surface area contributed by atoms with E-state index in [-0.39, 0.29) is 34.1 Å². The van der Waals surface area contributed by atoms with E-state index in [1.807, 2.05) is 19.1 Å². The number of anilines is 1. The average Bonchev–Trinajstić information content (AvgIpc) is 3.01. The number of benzene rings is 3. The van der Waals surface area contributed by atoms with Crippen LogP contribution in [0.4, 0.5) is 5.69 Å². The summed E-state index contributed by atoms with van der Waals surface area (Å²) >= 11 is 6.48. The molecule has 3 aromatic carbocycles. The van der Waals surface area contributed by atoms with Crippen molar-refractivity contribution in [2.45, 2.75) is 69.0 Å². The molecule has 0 heterocycles. The molecule has 1 atom stereocenters. The van der Waals surface area contributed by atoms with Crippen LogP contribution in [0.5, 0.6) is 5.75 Å². The Morgan fingerprint density at radius 3 is 2.33 bits per heavy atom. The Labute approximate surface area is 253 Å². The third-order valence-corrected chi connectivity index (χ3v) is 9.65. The third-order valence-electron chi connectivity index (χ3n) is 7.56. The van der Waals surface area contributed by atoms with Gasteiger partial charge < -0.3 is 15.0 Å². The van der Waals surface area contributed by atoms with Crippen LogP contribution in [-0.2, 0) is 26.2 Å². The molecule has 0 aliphatic heterocycles. The molecule has 1 aliphatic carbocycles. The summed E-state index contributed by atoms with van der Waals surface area (Å²) in [5.41, 5.74) is 0.930. The fraction of sp³-hybridized carbons (Fsp3) is 0.375. The van der Waals surface area contributed by atoms with Crippen molar-refractivity contribution in [1.29, 1.82) is 0 Å². The van der Waals surface area contributed by atoms with Gasteiger partial charge in [-0.3, -0.25) is 13.9 Å². The van der Waals surface area contributed by atoms with Gasteiger partial charge >= 0.3 is 0 Å². The highest BCUT2D eigenvalue weighted by Gasteiger charge is 2.35. The van der Waals surface area contributed by atoms with Crippen LogP contribution in [-0.4, -0.2) is 50.9 Å². The van der Waals surface area contributed by atoms with Crippen molar-refractivity contribution in [2.75, 3.05) is 18.0 Å². The molecular weight excluding hydrogens is 574 g/mol. The predicted octanol–water partition coefficient (Wildman–Crippen LogP) is 5.80. The van der Waals surface area contributed by atoms with Crippen LogP contribution in [0.3, 0.4) is 0 Å². The maximum atomic E-state index is 14.2. The van der Waals surface area contributed by atoms with Crippen molar-refractivity contribution in [3.05, 3.63) is 89.4 Å². The van der Waals surface area contributed by atoms with Gasteiger partial charge in [0.1, 0.15) is 18.3 Å². The van der Waals surface area contributed by atoms with Crippen LogP contribution >= 0.6 is 11.6 Å². The zero-order valence-electron chi connectivity index (χ0n) is 24.0. The number of carbonyl (C=O) groups is 2. The van der Waals surface area contributed by atoms with E-state index in [0.29, 0.717) is 12.2 Å². The molecule has 0 radical (unpaired) electrons. The number of amides is 2. The van der Waals surface area contributed by atoms with Crippen LogP contribution < -0.4 is 14.4 Å². The third kappa shape index (κ3) is 7.63. The number of halogens is 1. The van der Waals surface area contributed by atoms with Crippen LogP contribution in [0.25, 0.3) is 0 Å². The van der Waals surface area contributed by atoms with Gasteiger partial charge in [0, 0.05) is 12.6 Å². The summed E-state index contributed by atoms with van der Waals surface area (Å²) in [5.74, 6) is -0.150. The number of nitrogens with zero attached hydrogens (tertiary/aromatic N) is 2. The summed E-state index contributed by atoms with van der Waals surface area (Å²) in [6, 6.07) is 20.9. The molecule has 0 bridgehead atoms. The van der Waals surface area contributed by atoms with Gasteiger partial charge in [-0.2, -0.15) is 0 Å². The van der Waals surface area contributed by atoms with E-state index >= 15 is 0 Å². The highest BCUT2D eigenvalue weighted by atomic mass is 35.5. The van der Waals surface area contributed by atoms with Gasteiger partial charge in [0.15, 0.2) is 0 Å². The van der Waals surface area contributed by atoms with Crippen molar-refractivity contribution in [2.24, 2.45) is 0 Å². The standard InChI is InChI=1S/C32H38ClN3O5S/c1-3-29(32(38)34-25-14-6-4-7-15-25)35(22-24-13-12-16-26(21-24)41-2)31(37)23-36(30-20-11-10-19-28(30)33)42(39,40)27-17-8-5-9-18-27/h5,8-13,16-21,25,29H,3-4,6-7,14-15,22-23H2,1-2H3,(H,34,38)/t29-/m1/s1. The Balaban J connectivity index is 1.71. The topological polar surface area (TPSA) is 96.0 Å². The Kier molecular flexibility index (Phi) is 10.9. The molecule has 0 spiro atoms. The highest BCUT2D eigenvalue weighted by molar-refractivity contribution is 7.92. The van der Waals surface area contributed by atoms with Gasteiger partial charge in [0.25, 0.3) is 10.0 Å². The van der Waals surface area contributed by atoms with Crippen LogP contribution in [0.15, 0.2) is 83.8 Å². The second-order valence-corrected chi connectivity index (χ2v) is 12.7. The number of nitrogens with one attached hydrogen (secondary N) is 1. The Morgan fingerprint density at radius 2 is 1.67 bits per heavy atom. The smallest absolute Gasteiger partial charge is 0.264 e. The first kappa shape index (κ1) is 31.4. The number of ether oxygens (including phenoxy) is 1. The molecule has 1 fully saturated rings. The molecule has 2 amide bonds. The number of sulfonamides is 1. The molecule has 3 aromatic rings. The lowest BCUT2D eigenvalue weighted by atomic mass is 9.95. The second kappa shape index (κ2) is 14.6. The number of hydrogen-bond acceptors (Lipinski definition) is 5. The minimum Gasteiger partial charge on any atom is -0.497 e. The highest BCUT2D eigenvalue weighted by Crippen LogP contribution is 2.31. The van der Waals surface area contributed by atoms with Gasteiger partial charge in [-0.05, 0) is 61.2 Å². The van der Waals surface area contributed by atoms with E-state index in [4.69, 9.17) is 16.3 Å². The minimum atomic E-state index is -4.18. The summed E-state index contributed by atoms with van der Waals surface area (Å²) in [5, 5.41) is 3.34. The van der Waals surface area contributed by atoms with E-state index in [9.17, 15) is 18.0 Å². The Bertz CT molecular complexity index is 1460. The van der Waals surface area contributed by atoms with Crippen molar-refractivity contribution in [1.82, 2.24) is 10.2 Å². The van der Waals surface area contributed by atoms with E-state index < -0.39 is 28.5 Å². The number of rotatable bonds is 12. The maximum Gasteiger partial charge on any atom is 0.264 e. The zero-order valence-corrected chi connectivity index (χ0v) is 25.6. The van der Waals surface area contributed by atoms with Crippen LogP contribution in [0.1, 0.15) is 51.0 Å². The predicted molar refractivity (Wildman–Crippen MR) is 165 cm³/mol. The fourth-order valence-electron chi connectivity index (χ4n) is 5.32. The minimum absolute atomic E-state index is 0.0270. The Morgan fingerprint density at radius 1 is 0.976 bits per heavy atom. The number of methoxy groups -OCH3 is 1. The molecule has 4 rings (SSSR count). The summed E-state index contributed by atoms with van der Waals surface area (Å²) < 4.78 is 34.2. The molecule has 0 unspecified atom stereocenters. The normalized spacial score (nSPS) is 14.5. The number of hydrogen-bond donors (Lipinski definition) is 1. The molecule has 1 saturated carbocycles. The fourth-order valence-corrected chi connectivity index (χ4v) is 7.06. The van der Waals surface area contributed by atoms with Crippen LogP contribution in [0.2, 0.25) is 5.02 Å². The first-order valence-corrected chi connectivity index (χ1v) is 16.1. The quantitative estimate of drug-likeness (QED) is 0.279. The molecule has 224 valence electrons. The zero-order chi connectivity index (χ0) is 30.1.